The fraction of sp³-hybridized carbons (Fsp3) is 0.727. The Morgan fingerprint density at radius 3 is 2.63 bits per heavy atom. The molecule has 7 nitrogen and oxygen atoms in total. The molecule has 0 saturated carbocycles. The smallest absolute Gasteiger partial charge is 0.282 e. The molecule has 3 heterocycles. The fourth-order valence-electron chi connectivity index (χ4n) is 2.57. The van der Waals surface area contributed by atoms with E-state index in [1.165, 1.54) is 4.31 Å². The summed E-state index contributed by atoms with van der Waals surface area (Å²) >= 11 is 0. The lowest BCUT2D eigenvalue weighted by molar-refractivity contribution is 0.0705. The zero-order chi connectivity index (χ0) is 13.3. The van der Waals surface area contributed by atoms with Crippen LogP contribution in [0.1, 0.15) is 12.5 Å². The molecule has 1 unspecified atom stereocenters. The number of hydrogen-bond acceptors (Lipinski definition) is 4. The Bertz CT molecular complexity index is 510. The summed E-state index contributed by atoms with van der Waals surface area (Å²) in [6.45, 7) is 2.92. The van der Waals surface area contributed by atoms with Crippen molar-refractivity contribution in [1.82, 2.24) is 18.4 Å². The minimum absolute atomic E-state index is 0.144. The maximum Gasteiger partial charge on any atom is 0.282 e. The molecule has 19 heavy (non-hydrogen) atoms. The molecule has 0 aromatic carbocycles. The van der Waals surface area contributed by atoms with Crippen LogP contribution >= 0.6 is 0 Å². The first-order chi connectivity index (χ1) is 9.18. The van der Waals surface area contributed by atoms with Crippen LogP contribution in [0.2, 0.25) is 0 Å². The van der Waals surface area contributed by atoms with Crippen molar-refractivity contribution in [1.29, 1.82) is 0 Å². The van der Waals surface area contributed by atoms with Gasteiger partial charge in [-0.3, -0.25) is 4.68 Å². The molecule has 8 heteroatoms. The molecule has 1 aromatic heterocycles. The Hall–Kier alpha value is -0.960. The second-order valence-electron chi connectivity index (χ2n) is 4.81. The normalized spacial score (nSPS) is 26.8. The van der Waals surface area contributed by atoms with E-state index in [1.807, 2.05) is 16.9 Å². The van der Waals surface area contributed by atoms with Crippen molar-refractivity contribution in [3.8, 4) is 0 Å². The van der Waals surface area contributed by atoms with Gasteiger partial charge in [-0.15, -0.1) is 0 Å². The summed E-state index contributed by atoms with van der Waals surface area (Å²) in [4.78, 5) is 0. The highest BCUT2D eigenvalue weighted by atomic mass is 32.2. The second kappa shape index (κ2) is 5.20. The van der Waals surface area contributed by atoms with Crippen LogP contribution in [0.5, 0.6) is 0 Å². The van der Waals surface area contributed by atoms with E-state index in [0.717, 1.165) is 6.42 Å². The van der Waals surface area contributed by atoms with Crippen molar-refractivity contribution in [2.75, 3.05) is 39.4 Å². The van der Waals surface area contributed by atoms with Crippen molar-refractivity contribution in [3.63, 3.8) is 0 Å². The van der Waals surface area contributed by atoms with Gasteiger partial charge in [0.1, 0.15) is 0 Å². The molecule has 2 fully saturated rings. The molecule has 2 aliphatic heterocycles. The van der Waals surface area contributed by atoms with Gasteiger partial charge in [0.05, 0.1) is 19.3 Å². The summed E-state index contributed by atoms with van der Waals surface area (Å²) in [5, 5.41) is 4.19. The van der Waals surface area contributed by atoms with E-state index >= 15 is 0 Å². The lowest BCUT2D eigenvalue weighted by Crippen LogP contribution is -2.47. The standard InChI is InChI=1S/C11H18N4O3S/c16-19(17,13-6-8-18-9-7-13)14-5-2-11(10-14)15-4-1-3-12-15/h1,3-4,11H,2,5-10H2. The third kappa shape index (κ3) is 2.53. The van der Waals surface area contributed by atoms with Gasteiger partial charge in [0.25, 0.3) is 10.2 Å². The molecule has 3 rings (SSSR count). The van der Waals surface area contributed by atoms with E-state index in [4.69, 9.17) is 4.74 Å². The molecule has 0 radical (unpaired) electrons. The van der Waals surface area contributed by atoms with Gasteiger partial charge in [0.2, 0.25) is 0 Å². The van der Waals surface area contributed by atoms with Gasteiger partial charge in [0.15, 0.2) is 0 Å². The first-order valence-electron chi connectivity index (χ1n) is 6.50. The molecule has 1 atom stereocenters. The minimum atomic E-state index is -3.34. The van der Waals surface area contributed by atoms with Gasteiger partial charge in [-0.05, 0) is 12.5 Å². The van der Waals surface area contributed by atoms with Crippen LogP contribution in [0, 0.1) is 0 Å². The fourth-order valence-corrected chi connectivity index (χ4v) is 4.21. The van der Waals surface area contributed by atoms with Gasteiger partial charge in [-0.25, -0.2) is 0 Å². The molecule has 0 amide bonds. The summed E-state index contributed by atoms with van der Waals surface area (Å²) < 4.78 is 35.1. The SMILES string of the molecule is O=S(=O)(N1CCOCC1)N1CCC(n2cccn2)C1. The van der Waals surface area contributed by atoms with Gasteiger partial charge in [0, 0.05) is 38.6 Å². The van der Waals surface area contributed by atoms with E-state index < -0.39 is 10.2 Å². The van der Waals surface area contributed by atoms with Gasteiger partial charge in [-0.1, -0.05) is 0 Å². The summed E-state index contributed by atoms with van der Waals surface area (Å²) in [7, 11) is -3.34. The van der Waals surface area contributed by atoms with Crippen molar-refractivity contribution in [3.05, 3.63) is 18.5 Å². The average Bonchev–Trinajstić information content (AvgIpc) is 3.10. The first-order valence-corrected chi connectivity index (χ1v) is 7.90. The number of morpholine rings is 1. The maximum absolute atomic E-state index is 12.5. The van der Waals surface area contributed by atoms with Gasteiger partial charge < -0.3 is 4.74 Å². The lowest BCUT2D eigenvalue weighted by atomic mass is 10.3. The summed E-state index contributed by atoms with van der Waals surface area (Å²) in [6.07, 6.45) is 4.42. The average molecular weight is 286 g/mol. The highest BCUT2D eigenvalue weighted by Crippen LogP contribution is 2.25. The quantitative estimate of drug-likeness (QED) is 0.765. The minimum Gasteiger partial charge on any atom is -0.379 e. The largest absolute Gasteiger partial charge is 0.379 e. The third-order valence-electron chi connectivity index (χ3n) is 3.65. The van der Waals surface area contributed by atoms with Crippen molar-refractivity contribution >= 4 is 10.2 Å². The van der Waals surface area contributed by atoms with Crippen LogP contribution in [0.3, 0.4) is 0 Å². The van der Waals surface area contributed by atoms with E-state index in [1.54, 1.807) is 10.5 Å². The molecule has 0 bridgehead atoms. The summed E-state index contributed by atoms with van der Waals surface area (Å²) in [5.41, 5.74) is 0. The highest BCUT2D eigenvalue weighted by Gasteiger charge is 2.36. The Labute approximate surface area is 112 Å². The third-order valence-corrected chi connectivity index (χ3v) is 5.65. The number of aromatic nitrogens is 2. The van der Waals surface area contributed by atoms with E-state index in [-0.39, 0.29) is 6.04 Å². The van der Waals surface area contributed by atoms with Crippen molar-refractivity contribution in [2.24, 2.45) is 0 Å². The molecule has 0 N–H and O–H groups in total. The molecule has 2 aliphatic rings. The Morgan fingerprint density at radius 2 is 1.95 bits per heavy atom. The lowest BCUT2D eigenvalue weighted by Gasteiger charge is -2.30. The zero-order valence-corrected chi connectivity index (χ0v) is 11.5. The highest BCUT2D eigenvalue weighted by molar-refractivity contribution is 7.86. The molecule has 1 aromatic rings. The van der Waals surface area contributed by atoms with Crippen LogP contribution in [0.15, 0.2) is 18.5 Å². The number of hydrogen-bond donors (Lipinski definition) is 0. The van der Waals surface area contributed by atoms with E-state index in [2.05, 4.69) is 5.10 Å². The van der Waals surface area contributed by atoms with Gasteiger partial charge in [-0.2, -0.15) is 22.1 Å². The van der Waals surface area contributed by atoms with Crippen molar-refractivity contribution in [2.45, 2.75) is 12.5 Å². The van der Waals surface area contributed by atoms with E-state index in [0.29, 0.717) is 39.4 Å². The second-order valence-corrected chi connectivity index (χ2v) is 6.73. The number of ether oxygens (including phenoxy) is 1. The predicted molar refractivity (Wildman–Crippen MR) is 68.8 cm³/mol. The molecular weight excluding hydrogens is 268 g/mol. The molecule has 2 saturated heterocycles. The summed E-state index contributed by atoms with van der Waals surface area (Å²) in [6, 6.07) is 2.00. The van der Waals surface area contributed by atoms with Crippen LogP contribution < -0.4 is 0 Å². The number of nitrogens with zero attached hydrogens (tertiary/aromatic N) is 4. The molecule has 0 spiro atoms. The molecular formula is C11H18N4O3S. The first kappa shape index (κ1) is 13.0. The van der Waals surface area contributed by atoms with Crippen LogP contribution in [0.25, 0.3) is 0 Å². The van der Waals surface area contributed by atoms with Gasteiger partial charge >= 0.3 is 0 Å². The monoisotopic (exact) mass is 286 g/mol. The van der Waals surface area contributed by atoms with Crippen LogP contribution in [0.4, 0.5) is 0 Å². The van der Waals surface area contributed by atoms with Crippen molar-refractivity contribution < 1.29 is 13.2 Å². The van der Waals surface area contributed by atoms with Crippen LogP contribution in [-0.2, 0) is 14.9 Å². The zero-order valence-electron chi connectivity index (χ0n) is 10.7. The van der Waals surface area contributed by atoms with E-state index in [9.17, 15) is 8.42 Å². The van der Waals surface area contributed by atoms with Crippen LogP contribution in [-0.4, -0.2) is 66.2 Å². The Kier molecular flexibility index (Phi) is 3.57. The topological polar surface area (TPSA) is 67.7 Å². The predicted octanol–water partition coefficient (Wildman–Crippen LogP) is -0.293. The summed E-state index contributed by atoms with van der Waals surface area (Å²) in [5.74, 6) is 0. The number of rotatable bonds is 3. The Balaban J connectivity index is 1.69. The maximum atomic E-state index is 12.5. The molecule has 106 valence electrons. The Morgan fingerprint density at radius 1 is 1.16 bits per heavy atom. The molecule has 0 aliphatic carbocycles.